The molecule has 0 saturated heterocycles. The molecule has 3 heteroatoms. The van der Waals surface area contributed by atoms with E-state index in [0.29, 0.717) is 0 Å². The number of para-hydroxylation sites is 2. The van der Waals surface area contributed by atoms with E-state index in [2.05, 4.69) is 12.2 Å². The first kappa shape index (κ1) is 14.4. The minimum Gasteiger partial charge on any atom is -0.495 e. The molecule has 0 aliphatic heterocycles. The van der Waals surface area contributed by atoms with E-state index < -0.39 is 5.54 Å². The van der Waals surface area contributed by atoms with Crippen molar-refractivity contribution in [3.8, 4) is 5.75 Å². The van der Waals surface area contributed by atoms with E-state index in [1.807, 2.05) is 54.6 Å². The molecule has 0 aromatic heterocycles. The molecule has 0 amide bonds. The Kier molecular flexibility index (Phi) is 4.64. The first-order valence-corrected chi connectivity index (χ1v) is 6.83. The van der Waals surface area contributed by atoms with Crippen LogP contribution in [0.15, 0.2) is 54.6 Å². The van der Waals surface area contributed by atoms with Gasteiger partial charge in [0.15, 0.2) is 0 Å². The number of ether oxygens (including phenoxy) is 1. The minimum absolute atomic E-state index is 0.0194. The average Bonchev–Trinajstić information content (AvgIpc) is 2.54. The summed E-state index contributed by atoms with van der Waals surface area (Å²) < 4.78 is 5.37. The van der Waals surface area contributed by atoms with Gasteiger partial charge >= 0.3 is 0 Å². The molecule has 1 unspecified atom stereocenters. The zero-order valence-corrected chi connectivity index (χ0v) is 12.0. The number of rotatable bonds is 6. The van der Waals surface area contributed by atoms with Gasteiger partial charge in [-0.05, 0) is 24.1 Å². The molecule has 0 aliphatic carbocycles. The highest BCUT2D eigenvalue weighted by Crippen LogP contribution is 2.33. The second-order valence-corrected chi connectivity index (χ2v) is 4.79. The van der Waals surface area contributed by atoms with Crippen molar-refractivity contribution in [1.82, 2.24) is 0 Å². The van der Waals surface area contributed by atoms with Gasteiger partial charge < -0.3 is 15.2 Å². The molecule has 1 atom stereocenters. The maximum atomic E-state index is 9.95. The van der Waals surface area contributed by atoms with Gasteiger partial charge in [0, 0.05) is 0 Å². The van der Waals surface area contributed by atoms with Crippen LogP contribution in [0.25, 0.3) is 0 Å². The van der Waals surface area contributed by atoms with Crippen LogP contribution in [0.3, 0.4) is 0 Å². The molecule has 0 saturated carbocycles. The highest BCUT2D eigenvalue weighted by atomic mass is 16.5. The second-order valence-electron chi connectivity index (χ2n) is 4.79. The Bertz CT molecular complexity index is 536. The zero-order valence-electron chi connectivity index (χ0n) is 12.0. The van der Waals surface area contributed by atoms with Gasteiger partial charge in [-0.3, -0.25) is 0 Å². The molecule has 2 aromatic rings. The molecule has 0 heterocycles. The molecule has 0 aliphatic rings. The molecule has 0 radical (unpaired) electrons. The molecule has 2 N–H and O–H groups in total. The molecule has 0 spiro atoms. The lowest BCUT2D eigenvalue weighted by atomic mass is 9.87. The Labute approximate surface area is 120 Å². The van der Waals surface area contributed by atoms with E-state index in [1.54, 1.807) is 7.11 Å². The molecule has 0 fully saturated rings. The number of hydrogen-bond acceptors (Lipinski definition) is 3. The summed E-state index contributed by atoms with van der Waals surface area (Å²) in [4.78, 5) is 0. The summed E-state index contributed by atoms with van der Waals surface area (Å²) in [7, 11) is 1.65. The molecule has 2 rings (SSSR count). The fourth-order valence-corrected chi connectivity index (χ4v) is 2.37. The van der Waals surface area contributed by atoms with Crippen LogP contribution in [0.4, 0.5) is 5.69 Å². The topological polar surface area (TPSA) is 41.5 Å². The normalized spacial score (nSPS) is 13.6. The SMILES string of the molecule is CCC(CO)(Nc1ccccc1OC)c1ccccc1. The fourth-order valence-electron chi connectivity index (χ4n) is 2.37. The molecular weight excluding hydrogens is 250 g/mol. The number of benzene rings is 2. The van der Waals surface area contributed by atoms with Gasteiger partial charge in [-0.25, -0.2) is 0 Å². The first-order valence-electron chi connectivity index (χ1n) is 6.83. The predicted octanol–water partition coefficient (Wildman–Crippen LogP) is 3.40. The van der Waals surface area contributed by atoms with E-state index in [-0.39, 0.29) is 6.61 Å². The highest BCUT2D eigenvalue weighted by molar-refractivity contribution is 5.58. The molecule has 0 bridgehead atoms. The number of aliphatic hydroxyl groups is 1. The lowest BCUT2D eigenvalue weighted by molar-refractivity contribution is 0.207. The number of methoxy groups -OCH3 is 1. The van der Waals surface area contributed by atoms with Crippen molar-refractivity contribution >= 4 is 5.69 Å². The smallest absolute Gasteiger partial charge is 0.141 e. The summed E-state index contributed by atoms with van der Waals surface area (Å²) in [6.45, 7) is 2.08. The molecule has 106 valence electrons. The molecule has 2 aromatic carbocycles. The van der Waals surface area contributed by atoms with Crippen molar-refractivity contribution in [2.24, 2.45) is 0 Å². The monoisotopic (exact) mass is 271 g/mol. The van der Waals surface area contributed by atoms with Crippen molar-refractivity contribution in [3.05, 3.63) is 60.2 Å². The van der Waals surface area contributed by atoms with Gasteiger partial charge in [0.25, 0.3) is 0 Å². The van der Waals surface area contributed by atoms with Crippen LogP contribution in [-0.2, 0) is 5.54 Å². The Hall–Kier alpha value is -2.00. The van der Waals surface area contributed by atoms with Crippen LogP contribution >= 0.6 is 0 Å². The van der Waals surface area contributed by atoms with Crippen LogP contribution in [0, 0.1) is 0 Å². The van der Waals surface area contributed by atoms with Crippen molar-refractivity contribution in [2.45, 2.75) is 18.9 Å². The largest absolute Gasteiger partial charge is 0.495 e. The van der Waals surface area contributed by atoms with Crippen LogP contribution in [0.2, 0.25) is 0 Å². The number of nitrogens with one attached hydrogen (secondary N) is 1. The van der Waals surface area contributed by atoms with Crippen LogP contribution in [0.1, 0.15) is 18.9 Å². The average molecular weight is 271 g/mol. The Balaban J connectivity index is 2.39. The van der Waals surface area contributed by atoms with Gasteiger partial charge in [-0.2, -0.15) is 0 Å². The summed E-state index contributed by atoms with van der Waals surface area (Å²) in [6.07, 6.45) is 0.769. The highest BCUT2D eigenvalue weighted by Gasteiger charge is 2.30. The van der Waals surface area contributed by atoms with E-state index >= 15 is 0 Å². The van der Waals surface area contributed by atoms with Crippen LogP contribution < -0.4 is 10.1 Å². The third kappa shape index (κ3) is 2.78. The summed E-state index contributed by atoms with van der Waals surface area (Å²) in [5, 5.41) is 13.4. The standard InChI is InChI=1S/C17H21NO2/c1-3-17(13-19,14-9-5-4-6-10-14)18-15-11-7-8-12-16(15)20-2/h4-12,18-19H,3,13H2,1-2H3. The summed E-state index contributed by atoms with van der Waals surface area (Å²) in [5.41, 5.74) is 1.45. The quantitative estimate of drug-likeness (QED) is 0.846. The lowest BCUT2D eigenvalue weighted by Crippen LogP contribution is -2.38. The van der Waals surface area contributed by atoms with Gasteiger partial charge in [0.1, 0.15) is 5.75 Å². The van der Waals surface area contributed by atoms with Crippen molar-refractivity contribution in [2.75, 3.05) is 19.0 Å². The number of anilines is 1. The number of aliphatic hydroxyl groups excluding tert-OH is 1. The number of hydrogen-bond donors (Lipinski definition) is 2. The third-order valence-electron chi connectivity index (χ3n) is 3.68. The molecular formula is C17H21NO2. The van der Waals surface area contributed by atoms with Gasteiger partial charge in [-0.15, -0.1) is 0 Å². The Morgan fingerprint density at radius 1 is 1.05 bits per heavy atom. The van der Waals surface area contributed by atoms with Crippen LogP contribution in [-0.4, -0.2) is 18.8 Å². The van der Waals surface area contributed by atoms with E-state index in [4.69, 9.17) is 4.74 Å². The van der Waals surface area contributed by atoms with E-state index in [9.17, 15) is 5.11 Å². The van der Waals surface area contributed by atoms with Crippen LogP contribution in [0.5, 0.6) is 5.75 Å². The minimum atomic E-state index is -0.504. The summed E-state index contributed by atoms with van der Waals surface area (Å²) in [6, 6.07) is 17.8. The second kappa shape index (κ2) is 6.44. The summed E-state index contributed by atoms with van der Waals surface area (Å²) in [5.74, 6) is 0.773. The van der Waals surface area contributed by atoms with Crippen molar-refractivity contribution in [1.29, 1.82) is 0 Å². The van der Waals surface area contributed by atoms with E-state index in [0.717, 1.165) is 23.4 Å². The fraction of sp³-hybridized carbons (Fsp3) is 0.294. The van der Waals surface area contributed by atoms with Gasteiger partial charge in [0.05, 0.1) is 24.9 Å². The third-order valence-corrected chi connectivity index (χ3v) is 3.68. The lowest BCUT2D eigenvalue weighted by Gasteiger charge is -2.34. The summed E-state index contributed by atoms with van der Waals surface area (Å²) >= 11 is 0. The predicted molar refractivity (Wildman–Crippen MR) is 82.1 cm³/mol. The zero-order chi connectivity index (χ0) is 14.4. The Morgan fingerprint density at radius 3 is 2.30 bits per heavy atom. The van der Waals surface area contributed by atoms with Crippen molar-refractivity contribution in [3.63, 3.8) is 0 Å². The Morgan fingerprint density at radius 2 is 1.70 bits per heavy atom. The van der Waals surface area contributed by atoms with E-state index in [1.165, 1.54) is 0 Å². The maximum Gasteiger partial charge on any atom is 0.141 e. The molecule has 20 heavy (non-hydrogen) atoms. The molecule has 3 nitrogen and oxygen atoms in total. The van der Waals surface area contributed by atoms with Gasteiger partial charge in [0.2, 0.25) is 0 Å². The van der Waals surface area contributed by atoms with Crippen molar-refractivity contribution < 1.29 is 9.84 Å². The maximum absolute atomic E-state index is 9.95. The first-order chi connectivity index (χ1) is 9.75. The van der Waals surface area contributed by atoms with Gasteiger partial charge in [-0.1, -0.05) is 49.4 Å².